The van der Waals surface area contributed by atoms with Crippen molar-refractivity contribution in [3.05, 3.63) is 38.8 Å². The Morgan fingerprint density at radius 2 is 1.71 bits per heavy atom. The normalized spacial score (nSPS) is 16.4. The predicted octanol–water partition coefficient (Wildman–Crippen LogP) is 7.04. The highest BCUT2D eigenvalue weighted by molar-refractivity contribution is 7.11. The number of hydrogen-bond donors (Lipinski definition) is 1. The second kappa shape index (κ2) is 12.5. The standard InChI is InChI=1S/C29H45NO6SSi/c1-18-23(33-6)14-20(15-24(18)34-7)28(36-38(8,9)29(3,4)5)25(35-21-12-10-11-13-21)17-26-30-22(16-27(31)32)19(2)37-26/h14-15,21,25,28H,10-13,16-17H2,1-9H3,(H,31,32)/t25-,28+/m0/s1. The molecule has 0 spiro atoms. The summed E-state index contributed by atoms with van der Waals surface area (Å²) in [7, 11) is 1.10. The molecule has 3 rings (SSSR count). The zero-order valence-corrected chi connectivity index (χ0v) is 26.3. The van der Waals surface area contributed by atoms with E-state index in [4.69, 9.17) is 23.6 Å². The Bertz CT molecular complexity index is 1080. The molecule has 1 heterocycles. The molecule has 1 fully saturated rings. The van der Waals surface area contributed by atoms with Crippen LogP contribution in [0.3, 0.4) is 0 Å². The number of rotatable bonds is 12. The van der Waals surface area contributed by atoms with Gasteiger partial charge in [0.2, 0.25) is 0 Å². The van der Waals surface area contributed by atoms with E-state index >= 15 is 0 Å². The molecular weight excluding hydrogens is 518 g/mol. The maximum atomic E-state index is 11.4. The summed E-state index contributed by atoms with van der Waals surface area (Å²) in [4.78, 5) is 17.0. The zero-order valence-electron chi connectivity index (χ0n) is 24.5. The van der Waals surface area contributed by atoms with E-state index in [0.29, 0.717) is 12.1 Å². The third-order valence-corrected chi connectivity index (χ3v) is 13.5. The lowest BCUT2D eigenvalue weighted by atomic mass is 9.99. The number of nitrogens with zero attached hydrogens (tertiary/aromatic N) is 1. The fourth-order valence-electron chi connectivity index (χ4n) is 4.68. The number of aromatic nitrogens is 1. The summed E-state index contributed by atoms with van der Waals surface area (Å²) < 4.78 is 25.5. The van der Waals surface area contributed by atoms with Gasteiger partial charge in [0.05, 0.1) is 49.7 Å². The molecule has 38 heavy (non-hydrogen) atoms. The molecule has 0 saturated heterocycles. The van der Waals surface area contributed by atoms with Crippen molar-refractivity contribution in [3.63, 3.8) is 0 Å². The number of thiazole rings is 1. The van der Waals surface area contributed by atoms with Crippen molar-refractivity contribution in [2.45, 2.75) is 110 Å². The van der Waals surface area contributed by atoms with E-state index in [1.165, 1.54) is 0 Å². The van der Waals surface area contributed by atoms with E-state index in [1.807, 2.05) is 26.0 Å². The monoisotopic (exact) mass is 563 g/mol. The number of benzene rings is 1. The molecule has 1 N–H and O–H groups in total. The van der Waals surface area contributed by atoms with Gasteiger partial charge < -0.3 is 23.7 Å². The highest BCUT2D eigenvalue weighted by atomic mass is 32.1. The lowest BCUT2D eigenvalue weighted by Crippen LogP contribution is -2.45. The van der Waals surface area contributed by atoms with Crippen LogP contribution in [-0.4, -0.2) is 50.8 Å². The first-order chi connectivity index (χ1) is 17.8. The third kappa shape index (κ3) is 7.37. The average molecular weight is 564 g/mol. The molecule has 9 heteroatoms. The van der Waals surface area contributed by atoms with E-state index in [-0.39, 0.29) is 29.8 Å². The molecule has 1 saturated carbocycles. The van der Waals surface area contributed by atoms with E-state index in [9.17, 15) is 9.90 Å². The van der Waals surface area contributed by atoms with Gasteiger partial charge in [0.25, 0.3) is 0 Å². The van der Waals surface area contributed by atoms with E-state index in [0.717, 1.165) is 58.2 Å². The molecule has 1 aromatic carbocycles. The van der Waals surface area contributed by atoms with Gasteiger partial charge in [-0.2, -0.15) is 0 Å². The summed E-state index contributed by atoms with van der Waals surface area (Å²) in [6.45, 7) is 15.2. The molecule has 0 unspecified atom stereocenters. The number of carboxylic acid groups (broad SMARTS) is 1. The molecule has 0 bridgehead atoms. The summed E-state index contributed by atoms with van der Waals surface area (Å²) in [6, 6.07) is 4.09. The van der Waals surface area contributed by atoms with E-state index < -0.39 is 14.3 Å². The number of aryl methyl sites for hydroxylation is 1. The van der Waals surface area contributed by atoms with Crippen LogP contribution < -0.4 is 9.47 Å². The number of carbonyl (C=O) groups is 1. The van der Waals surface area contributed by atoms with Crippen molar-refractivity contribution in [2.24, 2.45) is 0 Å². The van der Waals surface area contributed by atoms with Crippen molar-refractivity contribution < 1.29 is 28.5 Å². The largest absolute Gasteiger partial charge is 0.496 e. The van der Waals surface area contributed by atoms with Gasteiger partial charge in [0, 0.05) is 16.9 Å². The minimum absolute atomic E-state index is 0.00550. The van der Waals surface area contributed by atoms with Gasteiger partial charge in [-0.3, -0.25) is 4.79 Å². The second-order valence-electron chi connectivity index (χ2n) is 11.8. The molecule has 0 amide bonds. The van der Waals surface area contributed by atoms with Gasteiger partial charge in [-0.05, 0) is 62.5 Å². The first-order valence-electron chi connectivity index (χ1n) is 13.5. The van der Waals surface area contributed by atoms with Crippen LogP contribution in [0.2, 0.25) is 18.1 Å². The lowest BCUT2D eigenvalue weighted by molar-refractivity contribution is -0.136. The topological polar surface area (TPSA) is 87.1 Å². The van der Waals surface area contributed by atoms with Gasteiger partial charge in [0.15, 0.2) is 8.32 Å². The Hall–Kier alpha value is -1.94. The van der Waals surface area contributed by atoms with E-state index in [1.54, 1.807) is 25.6 Å². The average Bonchev–Trinajstić information content (AvgIpc) is 3.45. The maximum absolute atomic E-state index is 11.4. The molecule has 2 aromatic rings. The Morgan fingerprint density at radius 1 is 1.13 bits per heavy atom. The van der Waals surface area contributed by atoms with E-state index in [2.05, 4.69) is 33.9 Å². The Morgan fingerprint density at radius 3 is 2.21 bits per heavy atom. The SMILES string of the molecule is COc1cc([C@@H](O[Si](C)(C)C(C)(C)C)[C@H](Cc2nc(CC(=O)O)c(C)s2)OC2CCCC2)cc(OC)c1C. The highest BCUT2D eigenvalue weighted by Gasteiger charge is 2.42. The van der Waals surface area contributed by atoms with Crippen LogP contribution in [-0.2, 0) is 26.8 Å². The smallest absolute Gasteiger partial charge is 0.309 e. The van der Waals surface area contributed by atoms with Gasteiger partial charge in [-0.1, -0.05) is 33.6 Å². The quantitative estimate of drug-likeness (QED) is 0.277. The number of hydrogen-bond acceptors (Lipinski definition) is 7. The molecule has 212 valence electrons. The molecule has 1 aliphatic carbocycles. The Balaban J connectivity index is 2.11. The number of methoxy groups -OCH3 is 2. The van der Waals surface area contributed by atoms with Crippen LogP contribution in [0.5, 0.6) is 11.5 Å². The first-order valence-corrected chi connectivity index (χ1v) is 17.2. The molecule has 1 aromatic heterocycles. The fraction of sp³-hybridized carbons (Fsp3) is 0.655. The van der Waals surface area contributed by atoms with Crippen molar-refractivity contribution in [2.75, 3.05) is 14.2 Å². The zero-order chi connectivity index (χ0) is 28.3. The van der Waals surface area contributed by atoms with Gasteiger partial charge >= 0.3 is 5.97 Å². The van der Waals surface area contributed by atoms with Gasteiger partial charge in [0.1, 0.15) is 11.5 Å². The third-order valence-electron chi connectivity index (χ3n) is 7.97. The second-order valence-corrected chi connectivity index (χ2v) is 17.9. The van der Waals surface area contributed by atoms with Gasteiger partial charge in [-0.15, -0.1) is 11.3 Å². The number of ether oxygens (including phenoxy) is 3. The number of carboxylic acids is 1. The molecule has 0 aliphatic heterocycles. The van der Waals surface area contributed by atoms with Crippen LogP contribution in [0.1, 0.15) is 79.3 Å². The summed E-state index contributed by atoms with van der Waals surface area (Å²) in [5, 5.41) is 10.2. The van der Waals surface area contributed by atoms with Gasteiger partial charge in [-0.25, -0.2) is 4.98 Å². The molecule has 0 radical (unpaired) electrons. The van der Waals surface area contributed by atoms with Crippen LogP contribution >= 0.6 is 11.3 Å². The number of aliphatic carboxylic acids is 1. The summed E-state index contributed by atoms with van der Waals surface area (Å²) in [6.07, 6.45) is 4.36. The van der Waals surface area contributed by atoms with Crippen molar-refractivity contribution in [1.29, 1.82) is 0 Å². The predicted molar refractivity (Wildman–Crippen MR) is 154 cm³/mol. The van der Waals surface area contributed by atoms with Crippen molar-refractivity contribution in [1.82, 2.24) is 4.98 Å². The minimum atomic E-state index is -2.24. The minimum Gasteiger partial charge on any atom is -0.496 e. The maximum Gasteiger partial charge on any atom is 0.309 e. The van der Waals surface area contributed by atoms with Crippen LogP contribution in [0.15, 0.2) is 12.1 Å². The Kier molecular flexibility index (Phi) is 10.1. The summed E-state index contributed by atoms with van der Waals surface area (Å²) in [5.41, 5.74) is 2.51. The molecular formula is C29H45NO6SSi. The molecule has 7 nitrogen and oxygen atoms in total. The van der Waals surface area contributed by atoms with Crippen molar-refractivity contribution >= 4 is 25.6 Å². The summed E-state index contributed by atoms with van der Waals surface area (Å²) in [5.74, 6) is 0.620. The lowest BCUT2D eigenvalue weighted by Gasteiger charge is -2.42. The fourth-order valence-corrected chi connectivity index (χ4v) is 6.94. The Labute approximate surface area is 233 Å². The van der Waals surface area contributed by atoms with Crippen LogP contribution in [0, 0.1) is 13.8 Å². The molecule has 1 aliphatic rings. The van der Waals surface area contributed by atoms with Crippen LogP contribution in [0.4, 0.5) is 0 Å². The van der Waals surface area contributed by atoms with Crippen molar-refractivity contribution in [3.8, 4) is 11.5 Å². The highest BCUT2D eigenvalue weighted by Crippen LogP contribution is 2.44. The first kappa shape index (κ1) is 30.6. The summed E-state index contributed by atoms with van der Waals surface area (Å²) >= 11 is 1.55. The molecule has 2 atom stereocenters. The van der Waals surface area contributed by atoms with Crippen LogP contribution in [0.25, 0.3) is 0 Å².